The van der Waals surface area contributed by atoms with E-state index in [0.717, 1.165) is 12.0 Å². The van der Waals surface area contributed by atoms with Gasteiger partial charge in [0.1, 0.15) is 0 Å². The number of nitrogens with one attached hydrogen (secondary N) is 1. The molecule has 2 aliphatic carbocycles. The van der Waals surface area contributed by atoms with E-state index in [-0.39, 0.29) is 11.8 Å². The third-order valence-corrected chi connectivity index (χ3v) is 4.80. The number of ketones is 1. The first-order valence-electron chi connectivity index (χ1n) is 7.79. The lowest BCUT2D eigenvalue weighted by Gasteiger charge is -2.29. The van der Waals surface area contributed by atoms with Gasteiger partial charge >= 0.3 is 0 Å². The van der Waals surface area contributed by atoms with Crippen LogP contribution in [0.4, 0.5) is 0 Å². The van der Waals surface area contributed by atoms with Gasteiger partial charge in [-0.15, -0.1) is 0 Å². The van der Waals surface area contributed by atoms with Crippen LogP contribution in [0.1, 0.15) is 58.4 Å². The molecule has 0 aliphatic heterocycles. The van der Waals surface area contributed by atoms with Gasteiger partial charge in [-0.05, 0) is 36.0 Å². The first-order chi connectivity index (χ1) is 10.3. The van der Waals surface area contributed by atoms with Crippen molar-refractivity contribution in [3.05, 3.63) is 70.8 Å². The Kier molecular flexibility index (Phi) is 3.12. The maximum atomic E-state index is 12.1. The number of aryl methyl sites for hydroxylation is 1. The normalized spacial score (nSPS) is 23.7. The van der Waals surface area contributed by atoms with Crippen LogP contribution in [0.5, 0.6) is 0 Å². The molecule has 0 saturated heterocycles. The van der Waals surface area contributed by atoms with Crippen molar-refractivity contribution in [1.82, 2.24) is 5.32 Å². The summed E-state index contributed by atoms with van der Waals surface area (Å²) in [7, 11) is 0. The van der Waals surface area contributed by atoms with Crippen LogP contribution in [0, 0.1) is 0 Å². The van der Waals surface area contributed by atoms with Gasteiger partial charge in [-0.3, -0.25) is 4.79 Å². The van der Waals surface area contributed by atoms with Gasteiger partial charge in [-0.2, -0.15) is 0 Å². The van der Waals surface area contributed by atoms with E-state index in [1.54, 1.807) is 0 Å². The molecule has 0 amide bonds. The summed E-state index contributed by atoms with van der Waals surface area (Å²) in [6.07, 6.45) is 4.15. The van der Waals surface area contributed by atoms with Crippen molar-refractivity contribution >= 4 is 5.78 Å². The number of fused-ring (bicyclic) bond motifs is 2. The number of benzene rings is 2. The predicted octanol–water partition coefficient (Wildman–Crippen LogP) is 3.98. The molecule has 0 radical (unpaired) electrons. The molecule has 2 heteroatoms. The first kappa shape index (κ1) is 12.8. The topological polar surface area (TPSA) is 29.1 Å². The van der Waals surface area contributed by atoms with E-state index in [1.165, 1.54) is 29.5 Å². The number of hydrogen-bond donors (Lipinski definition) is 1. The lowest BCUT2D eigenvalue weighted by Crippen LogP contribution is -2.28. The molecule has 2 aromatic carbocycles. The molecular weight excluding hydrogens is 258 g/mol. The molecule has 2 nitrogen and oxygen atoms in total. The van der Waals surface area contributed by atoms with Crippen LogP contribution in [-0.2, 0) is 6.42 Å². The molecule has 2 aliphatic rings. The summed E-state index contributed by atoms with van der Waals surface area (Å²) >= 11 is 0. The second kappa shape index (κ2) is 5.12. The Morgan fingerprint density at radius 1 is 0.905 bits per heavy atom. The minimum Gasteiger partial charge on any atom is -0.303 e. The second-order valence-electron chi connectivity index (χ2n) is 6.08. The van der Waals surface area contributed by atoms with Gasteiger partial charge in [0.05, 0.1) is 0 Å². The van der Waals surface area contributed by atoms with Crippen LogP contribution >= 0.6 is 0 Å². The first-order valence-corrected chi connectivity index (χ1v) is 7.79. The Hall–Kier alpha value is -1.93. The number of rotatable bonds is 2. The maximum Gasteiger partial charge on any atom is 0.165 e. The van der Waals surface area contributed by atoms with Gasteiger partial charge < -0.3 is 5.32 Å². The van der Waals surface area contributed by atoms with Crippen molar-refractivity contribution < 1.29 is 4.79 Å². The van der Waals surface area contributed by atoms with Crippen molar-refractivity contribution in [3.63, 3.8) is 0 Å². The fraction of sp³-hybridized carbons (Fsp3) is 0.316. The molecule has 0 saturated carbocycles. The van der Waals surface area contributed by atoms with E-state index in [0.29, 0.717) is 12.5 Å². The fourth-order valence-corrected chi connectivity index (χ4v) is 3.78. The van der Waals surface area contributed by atoms with Gasteiger partial charge in [-0.25, -0.2) is 0 Å². The van der Waals surface area contributed by atoms with Crippen LogP contribution < -0.4 is 5.32 Å². The number of hydrogen-bond acceptors (Lipinski definition) is 2. The molecule has 1 N–H and O–H groups in total. The molecule has 21 heavy (non-hydrogen) atoms. The van der Waals surface area contributed by atoms with E-state index in [2.05, 4.69) is 35.6 Å². The van der Waals surface area contributed by atoms with E-state index in [4.69, 9.17) is 0 Å². The Morgan fingerprint density at radius 2 is 1.67 bits per heavy atom. The average molecular weight is 277 g/mol. The minimum absolute atomic E-state index is 0.171. The zero-order chi connectivity index (χ0) is 14.2. The summed E-state index contributed by atoms with van der Waals surface area (Å²) < 4.78 is 0. The minimum atomic E-state index is 0.171. The van der Waals surface area contributed by atoms with Crippen molar-refractivity contribution in [1.29, 1.82) is 0 Å². The standard InChI is InChI=1S/C19H19NO/c21-19-12-18(15-9-3-4-10-16(15)19)20-17-11-5-7-13-6-1-2-8-14(13)17/h1-4,6,8-10,17-18,20H,5,7,11-12H2. The highest BCUT2D eigenvalue weighted by atomic mass is 16.1. The molecule has 0 heterocycles. The van der Waals surface area contributed by atoms with Gasteiger partial charge in [0.15, 0.2) is 5.78 Å². The third kappa shape index (κ3) is 2.20. The summed E-state index contributed by atoms with van der Waals surface area (Å²) in [6, 6.07) is 17.3. The van der Waals surface area contributed by atoms with Crippen LogP contribution in [0.15, 0.2) is 48.5 Å². The van der Waals surface area contributed by atoms with Crippen LogP contribution in [0.3, 0.4) is 0 Å². The molecule has 0 fully saturated rings. The van der Waals surface area contributed by atoms with E-state index in [9.17, 15) is 4.79 Å². The summed E-state index contributed by atoms with van der Waals surface area (Å²) in [5, 5.41) is 3.74. The van der Waals surface area contributed by atoms with Crippen molar-refractivity contribution in [2.45, 2.75) is 37.8 Å². The maximum absolute atomic E-state index is 12.1. The van der Waals surface area contributed by atoms with Crippen LogP contribution in [0.2, 0.25) is 0 Å². The van der Waals surface area contributed by atoms with Crippen LogP contribution in [-0.4, -0.2) is 5.78 Å². The highest BCUT2D eigenvalue weighted by molar-refractivity contribution is 6.01. The molecule has 4 rings (SSSR count). The number of Topliss-reactive ketones (excluding diaryl/α,β-unsaturated/α-hetero) is 1. The largest absolute Gasteiger partial charge is 0.303 e. The van der Waals surface area contributed by atoms with E-state index in [1.807, 2.05) is 18.2 Å². The Balaban J connectivity index is 1.63. The summed E-state index contributed by atoms with van der Waals surface area (Å²) in [6.45, 7) is 0. The van der Waals surface area contributed by atoms with Gasteiger partial charge in [0.25, 0.3) is 0 Å². The highest BCUT2D eigenvalue weighted by Gasteiger charge is 2.31. The lowest BCUT2D eigenvalue weighted by atomic mass is 9.87. The predicted molar refractivity (Wildman–Crippen MR) is 83.4 cm³/mol. The second-order valence-corrected chi connectivity index (χ2v) is 6.08. The molecule has 2 unspecified atom stereocenters. The average Bonchev–Trinajstić information content (AvgIpc) is 2.85. The SMILES string of the molecule is O=C1CC(NC2CCCc3ccccc32)c2ccccc21. The lowest BCUT2D eigenvalue weighted by molar-refractivity contribution is 0.0984. The van der Waals surface area contributed by atoms with Crippen molar-refractivity contribution in [2.75, 3.05) is 0 Å². The third-order valence-electron chi connectivity index (χ3n) is 4.80. The summed E-state index contributed by atoms with van der Waals surface area (Å²) in [5.74, 6) is 0.271. The summed E-state index contributed by atoms with van der Waals surface area (Å²) in [5.41, 5.74) is 4.95. The Labute approximate surface area is 125 Å². The molecule has 0 bridgehead atoms. The Bertz CT molecular complexity index is 691. The fourth-order valence-electron chi connectivity index (χ4n) is 3.78. The Morgan fingerprint density at radius 3 is 2.57 bits per heavy atom. The number of carbonyl (C=O) groups excluding carboxylic acids is 1. The van der Waals surface area contributed by atoms with Gasteiger partial charge in [0.2, 0.25) is 0 Å². The number of carbonyl (C=O) groups is 1. The summed E-state index contributed by atoms with van der Waals surface area (Å²) in [4.78, 5) is 12.1. The molecular formula is C19H19NO. The highest BCUT2D eigenvalue weighted by Crippen LogP contribution is 2.36. The molecule has 106 valence electrons. The smallest absolute Gasteiger partial charge is 0.165 e. The zero-order valence-electron chi connectivity index (χ0n) is 12.0. The quantitative estimate of drug-likeness (QED) is 0.899. The van der Waals surface area contributed by atoms with Crippen LogP contribution in [0.25, 0.3) is 0 Å². The molecule has 0 spiro atoms. The molecule has 2 aromatic rings. The molecule has 0 aromatic heterocycles. The van der Waals surface area contributed by atoms with Crippen molar-refractivity contribution in [3.8, 4) is 0 Å². The monoisotopic (exact) mass is 277 g/mol. The van der Waals surface area contributed by atoms with E-state index >= 15 is 0 Å². The van der Waals surface area contributed by atoms with E-state index < -0.39 is 0 Å². The zero-order valence-corrected chi connectivity index (χ0v) is 12.0. The molecule has 2 atom stereocenters. The van der Waals surface area contributed by atoms with Crippen molar-refractivity contribution in [2.24, 2.45) is 0 Å². The van der Waals surface area contributed by atoms with Gasteiger partial charge in [-0.1, -0.05) is 48.5 Å². The van der Waals surface area contributed by atoms with Gasteiger partial charge in [0, 0.05) is 24.1 Å².